The molecule has 0 bridgehead atoms. The highest BCUT2D eigenvalue weighted by atomic mass is 15.3. The Morgan fingerprint density at radius 3 is 2.37 bits per heavy atom. The lowest BCUT2D eigenvalue weighted by atomic mass is 9.60. The quantitative estimate of drug-likeness (QED) is 0.862. The molecule has 0 radical (unpaired) electrons. The van der Waals surface area contributed by atoms with E-state index in [1.54, 1.807) is 11.1 Å². The maximum absolute atomic E-state index is 3.56. The fourth-order valence-electron chi connectivity index (χ4n) is 6.12. The summed E-state index contributed by atoms with van der Waals surface area (Å²) >= 11 is 0. The molecule has 0 aromatic heterocycles. The summed E-state index contributed by atoms with van der Waals surface area (Å²) in [5.41, 5.74) is 3.98. The lowest BCUT2D eigenvalue weighted by molar-refractivity contribution is -0.0677. The lowest BCUT2D eigenvalue weighted by Crippen LogP contribution is -2.60. The number of nitrogens with one attached hydrogen (secondary N) is 1. The van der Waals surface area contributed by atoms with Crippen LogP contribution in [-0.4, -0.2) is 54.6 Å². The van der Waals surface area contributed by atoms with Gasteiger partial charge < -0.3 is 5.32 Å². The molecular formula is C24H37N3. The van der Waals surface area contributed by atoms with Gasteiger partial charge in [0.2, 0.25) is 0 Å². The molecule has 1 atom stereocenters. The minimum Gasteiger partial charge on any atom is -0.317 e. The van der Waals surface area contributed by atoms with Crippen molar-refractivity contribution in [1.29, 1.82) is 0 Å². The third-order valence-corrected chi connectivity index (χ3v) is 8.03. The maximum Gasteiger partial charge on any atom is 0.0481 e. The summed E-state index contributed by atoms with van der Waals surface area (Å²) in [7, 11) is 0. The summed E-state index contributed by atoms with van der Waals surface area (Å²) in [6.45, 7) is 10.9. The van der Waals surface area contributed by atoms with E-state index in [-0.39, 0.29) is 0 Å². The third-order valence-electron chi connectivity index (χ3n) is 8.03. The Morgan fingerprint density at radius 2 is 1.70 bits per heavy atom. The van der Waals surface area contributed by atoms with Crippen LogP contribution in [0.1, 0.15) is 75.5 Å². The van der Waals surface area contributed by atoms with Crippen LogP contribution in [-0.2, 0) is 0 Å². The molecule has 1 spiro atoms. The molecule has 1 aromatic rings. The Morgan fingerprint density at radius 1 is 1.00 bits per heavy atom. The van der Waals surface area contributed by atoms with E-state index < -0.39 is 0 Å². The average molecular weight is 368 g/mol. The molecule has 5 rings (SSSR count). The zero-order valence-corrected chi connectivity index (χ0v) is 17.3. The first kappa shape index (κ1) is 18.1. The Kier molecular flexibility index (Phi) is 4.82. The standard InChI is InChI=1S/C24H37N3/c1-18(2)26-13-14-27(20-15-24(16-20)9-11-25-12-10-24)23(17-26)22-6-4-3-5-21(22)19-7-8-19/h3-6,18-20,23,25H,7-17H2,1-2H3. The fourth-order valence-corrected chi connectivity index (χ4v) is 6.12. The van der Waals surface area contributed by atoms with E-state index >= 15 is 0 Å². The van der Waals surface area contributed by atoms with E-state index in [1.807, 2.05) is 0 Å². The molecule has 2 aliphatic carbocycles. The number of hydrogen-bond donors (Lipinski definition) is 1. The summed E-state index contributed by atoms with van der Waals surface area (Å²) < 4.78 is 0. The van der Waals surface area contributed by atoms with Crippen LogP contribution in [0.5, 0.6) is 0 Å². The first-order valence-electron chi connectivity index (χ1n) is 11.4. The monoisotopic (exact) mass is 367 g/mol. The smallest absolute Gasteiger partial charge is 0.0481 e. The summed E-state index contributed by atoms with van der Waals surface area (Å²) in [4.78, 5) is 5.64. The van der Waals surface area contributed by atoms with E-state index in [1.165, 1.54) is 71.2 Å². The van der Waals surface area contributed by atoms with E-state index in [4.69, 9.17) is 0 Å². The van der Waals surface area contributed by atoms with Crippen molar-refractivity contribution in [3.05, 3.63) is 35.4 Å². The maximum atomic E-state index is 3.56. The summed E-state index contributed by atoms with van der Waals surface area (Å²) in [6, 6.07) is 11.5. The minimum absolute atomic E-state index is 0.599. The van der Waals surface area contributed by atoms with Gasteiger partial charge in [0.15, 0.2) is 0 Å². The zero-order valence-electron chi connectivity index (χ0n) is 17.3. The van der Waals surface area contributed by atoms with E-state index in [0.717, 1.165) is 12.0 Å². The van der Waals surface area contributed by atoms with Crippen LogP contribution >= 0.6 is 0 Å². The zero-order chi connectivity index (χ0) is 18.4. The normalized spacial score (nSPS) is 30.0. The molecule has 148 valence electrons. The summed E-state index contributed by atoms with van der Waals surface area (Å²) in [6.07, 6.45) is 8.49. The van der Waals surface area contributed by atoms with Gasteiger partial charge in [0.25, 0.3) is 0 Å². The molecule has 4 fully saturated rings. The Hall–Kier alpha value is -0.900. The van der Waals surface area contributed by atoms with Crippen LogP contribution in [0.15, 0.2) is 24.3 Å². The van der Waals surface area contributed by atoms with Gasteiger partial charge in [0.05, 0.1) is 0 Å². The van der Waals surface area contributed by atoms with Crippen molar-refractivity contribution in [2.24, 2.45) is 5.41 Å². The lowest BCUT2D eigenvalue weighted by Gasteiger charge is -2.57. The molecule has 1 N–H and O–H groups in total. The molecule has 2 saturated carbocycles. The highest BCUT2D eigenvalue weighted by molar-refractivity contribution is 5.36. The number of piperazine rings is 1. The van der Waals surface area contributed by atoms with Crippen molar-refractivity contribution < 1.29 is 0 Å². The topological polar surface area (TPSA) is 18.5 Å². The first-order valence-corrected chi connectivity index (χ1v) is 11.4. The average Bonchev–Trinajstić information content (AvgIpc) is 3.51. The van der Waals surface area contributed by atoms with E-state index in [9.17, 15) is 0 Å². The van der Waals surface area contributed by atoms with Crippen molar-refractivity contribution in [2.45, 2.75) is 76.4 Å². The van der Waals surface area contributed by atoms with Crippen molar-refractivity contribution in [3.8, 4) is 0 Å². The molecule has 2 aliphatic heterocycles. The Bertz CT molecular complexity index is 651. The largest absolute Gasteiger partial charge is 0.317 e. The van der Waals surface area contributed by atoms with Gasteiger partial charge in [-0.1, -0.05) is 24.3 Å². The van der Waals surface area contributed by atoms with Gasteiger partial charge in [-0.05, 0) is 87.9 Å². The van der Waals surface area contributed by atoms with Crippen LogP contribution in [0.4, 0.5) is 0 Å². The fraction of sp³-hybridized carbons (Fsp3) is 0.750. The van der Waals surface area contributed by atoms with Crippen molar-refractivity contribution >= 4 is 0 Å². The van der Waals surface area contributed by atoms with E-state index in [2.05, 4.69) is 53.2 Å². The third kappa shape index (κ3) is 3.47. The second-order valence-corrected chi connectivity index (χ2v) is 10.1. The predicted octanol–water partition coefficient (Wildman–Crippen LogP) is 4.16. The van der Waals surface area contributed by atoms with E-state index in [0.29, 0.717) is 17.5 Å². The second-order valence-electron chi connectivity index (χ2n) is 10.1. The van der Waals surface area contributed by atoms with Crippen LogP contribution in [0.2, 0.25) is 0 Å². The van der Waals surface area contributed by atoms with Crippen molar-refractivity contribution in [2.75, 3.05) is 32.7 Å². The first-order chi connectivity index (χ1) is 13.2. The van der Waals surface area contributed by atoms with Gasteiger partial charge >= 0.3 is 0 Å². The number of hydrogen-bond acceptors (Lipinski definition) is 3. The highest BCUT2D eigenvalue weighted by Gasteiger charge is 2.49. The predicted molar refractivity (Wildman–Crippen MR) is 112 cm³/mol. The van der Waals surface area contributed by atoms with Gasteiger partial charge in [-0.25, -0.2) is 0 Å². The molecule has 3 heteroatoms. The Labute approximate surface area is 165 Å². The van der Waals surface area contributed by atoms with Gasteiger partial charge in [-0.2, -0.15) is 0 Å². The number of nitrogens with zero attached hydrogens (tertiary/aromatic N) is 2. The highest BCUT2D eigenvalue weighted by Crippen LogP contribution is 2.52. The molecular weight excluding hydrogens is 330 g/mol. The van der Waals surface area contributed by atoms with Gasteiger partial charge in [-0.3, -0.25) is 9.80 Å². The van der Waals surface area contributed by atoms with Gasteiger partial charge in [0.1, 0.15) is 0 Å². The molecule has 0 amide bonds. The second kappa shape index (κ2) is 7.17. The van der Waals surface area contributed by atoms with Crippen LogP contribution in [0.3, 0.4) is 0 Å². The van der Waals surface area contributed by atoms with Gasteiger partial charge in [-0.15, -0.1) is 0 Å². The molecule has 2 heterocycles. The molecule has 2 saturated heterocycles. The van der Waals surface area contributed by atoms with Crippen molar-refractivity contribution in [3.63, 3.8) is 0 Å². The minimum atomic E-state index is 0.599. The summed E-state index contributed by atoms with van der Waals surface area (Å²) in [5.74, 6) is 0.842. The van der Waals surface area contributed by atoms with Crippen LogP contribution in [0, 0.1) is 5.41 Å². The SMILES string of the molecule is CC(C)N1CCN(C2CC3(CCNCC3)C2)C(c2ccccc2C2CC2)C1. The van der Waals surface area contributed by atoms with Crippen LogP contribution < -0.4 is 5.32 Å². The molecule has 27 heavy (non-hydrogen) atoms. The number of rotatable bonds is 4. The summed E-state index contributed by atoms with van der Waals surface area (Å²) in [5, 5.41) is 3.56. The Balaban J connectivity index is 1.38. The van der Waals surface area contributed by atoms with Crippen molar-refractivity contribution in [1.82, 2.24) is 15.1 Å². The molecule has 1 unspecified atom stereocenters. The molecule has 1 aromatic carbocycles. The number of benzene rings is 1. The molecule has 3 nitrogen and oxygen atoms in total. The van der Waals surface area contributed by atoms with Crippen LogP contribution in [0.25, 0.3) is 0 Å². The number of piperidine rings is 1. The van der Waals surface area contributed by atoms with Gasteiger partial charge in [0, 0.05) is 37.8 Å². The molecule has 4 aliphatic rings.